The SMILES string of the molecule is C[C@@H](CC(=O)NCc1ccccc1CC(=O)O)NC(=O)OCC1c2ccccc2-c2ccccc21. The third kappa shape index (κ3) is 5.87. The molecule has 1 aliphatic carbocycles. The Morgan fingerprint density at radius 3 is 2.09 bits per heavy atom. The Morgan fingerprint density at radius 1 is 0.886 bits per heavy atom. The number of alkyl carbamates (subject to hydrolysis) is 1. The molecule has 0 saturated carbocycles. The molecule has 7 nitrogen and oxygen atoms in total. The van der Waals surface area contributed by atoms with E-state index in [1.165, 1.54) is 0 Å². The number of carboxylic acid groups (broad SMARTS) is 1. The van der Waals surface area contributed by atoms with Gasteiger partial charge >= 0.3 is 12.1 Å². The Kier molecular flexibility index (Phi) is 7.45. The van der Waals surface area contributed by atoms with Gasteiger partial charge in [-0.05, 0) is 40.3 Å². The first kappa shape index (κ1) is 24.0. The molecular weight excluding hydrogens is 444 g/mol. The van der Waals surface area contributed by atoms with E-state index in [0.717, 1.165) is 27.8 Å². The highest BCUT2D eigenvalue weighted by Gasteiger charge is 2.29. The van der Waals surface area contributed by atoms with Crippen LogP contribution in [0.1, 0.15) is 41.5 Å². The largest absolute Gasteiger partial charge is 0.481 e. The summed E-state index contributed by atoms with van der Waals surface area (Å²) in [5, 5.41) is 14.6. The molecule has 0 aliphatic heterocycles. The molecule has 4 rings (SSSR count). The number of nitrogens with one attached hydrogen (secondary N) is 2. The summed E-state index contributed by atoms with van der Waals surface area (Å²) in [6.07, 6.45) is -0.601. The topological polar surface area (TPSA) is 105 Å². The fourth-order valence-corrected chi connectivity index (χ4v) is 4.50. The number of ether oxygens (including phenoxy) is 1. The van der Waals surface area contributed by atoms with Crippen LogP contribution in [0.5, 0.6) is 0 Å². The summed E-state index contributed by atoms with van der Waals surface area (Å²) in [6.45, 7) is 2.17. The van der Waals surface area contributed by atoms with Crippen LogP contribution in [-0.4, -0.2) is 35.7 Å². The van der Waals surface area contributed by atoms with Crippen molar-refractivity contribution < 1.29 is 24.2 Å². The molecule has 0 heterocycles. The van der Waals surface area contributed by atoms with E-state index in [4.69, 9.17) is 9.84 Å². The van der Waals surface area contributed by atoms with Gasteiger partial charge < -0.3 is 20.5 Å². The summed E-state index contributed by atoms with van der Waals surface area (Å²) in [6, 6.07) is 22.9. The van der Waals surface area contributed by atoms with Gasteiger partial charge in [-0.25, -0.2) is 4.79 Å². The third-order valence-electron chi connectivity index (χ3n) is 6.14. The minimum absolute atomic E-state index is 0.0300. The van der Waals surface area contributed by atoms with E-state index in [2.05, 4.69) is 34.9 Å². The van der Waals surface area contributed by atoms with E-state index in [0.29, 0.717) is 5.56 Å². The average molecular weight is 473 g/mol. The molecule has 7 heteroatoms. The second-order valence-electron chi connectivity index (χ2n) is 8.69. The van der Waals surface area contributed by atoms with Gasteiger partial charge in [0.1, 0.15) is 6.61 Å². The third-order valence-corrected chi connectivity index (χ3v) is 6.14. The van der Waals surface area contributed by atoms with E-state index in [1.54, 1.807) is 31.2 Å². The molecule has 0 saturated heterocycles. The van der Waals surface area contributed by atoms with E-state index < -0.39 is 18.1 Å². The highest BCUT2D eigenvalue weighted by atomic mass is 16.5. The fraction of sp³-hybridized carbons (Fsp3) is 0.250. The van der Waals surface area contributed by atoms with Crippen molar-refractivity contribution in [2.45, 2.75) is 38.3 Å². The van der Waals surface area contributed by atoms with Gasteiger partial charge in [-0.2, -0.15) is 0 Å². The maximum Gasteiger partial charge on any atom is 0.407 e. The Hall–Kier alpha value is -4.13. The summed E-state index contributed by atoms with van der Waals surface area (Å²) >= 11 is 0. The number of aliphatic carboxylic acids is 1. The van der Waals surface area contributed by atoms with Crippen LogP contribution in [0.25, 0.3) is 11.1 Å². The van der Waals surface area contributed by atoms with E-state index in [1.807, 2.05) is 24.3 Å². The molecule has 1 aliphatic rings. The Balaban J connectivity index is 1.26. The van der Waals surface area contributed by atoms with Crippen LogP contribution in [0.3, 0.4) is 0 Å². The number of carbonyl (C=O) groups is 3. The first-order valence-corrected chi connectivity index (χ1v) is 11.6. The van der Waals surface area contributed by atoms with E-state index >= 15 is 0 Å². The maximum atomic E-state index is 12.4. The van der Waals surface area contributed by atoms with Crippen LogP contribution in [0, 0.1) is 0 Å². The zero-order valence-electron chi connectivity index (χ0n) is 19.5. The zero-order chi connectivity index (χ0) is 24.8. The molecule has 0 spiro atoms. The van der Waals surface area contributed by atoms with Crippen molar-refractivity contribution in [1.82, 2.24) is 10.6 Å². The first-order chi connectivity index (χ1) is 16.9. The van der Waals surface area contributed by atoms with E-state index in [-0.39, 0.29) is 37.8 Å². The molecule has 1 atom stereocenters. The normalized spacial score (nSPS) is 12.8. The standard InChI is InChI=1S/C28H28N2O5/c1-18(14-26(31)29-16-20-9-3-2-8-19(20)15-27(32)33)30-28(34)35-17-25-23-12-6-4-10-21(23)22-11-5-7-13-24(22)25/h2-13,18,25H,14-17H2,1H3,(H,29,31)(H,30,34)(H,32,33)/t18-/m0/s1. The van der Waals surface area contributed by atoms with Crippen molar-refractivity contribution in [3.63, 3.8) is 0 Å². The summed E-state index contributed by atoms with van der Waals surface area (Å²) in [5.74, 6) is -1.20. The van der Waals surface area contributed by atoms with Gasteiger partial charge in [0.15, 0.2) is 0 Å². The van der Waals surface area contributed by atoms with Crippen LogP contribution >= 0.6 is 0 Å². The molecule has 3 aromatic rings. The highest BCUT2D eigenvalue weighted by Crippen LogP contribution is 2.44. The van der Waals surface area contributed by atoms with Gasteiger partial charge in [0.05, 0.1) is 6.42 Å². The lowest BCUT2D eigenvalue weighted by atomic mass is 9.98. The van der Waals surface area contributed by atoms with E-state index in [9.17, 15) is 14.4 Å². The average Bonchev–Trinajstić information content (AvgIpc) is 3.15. The van der Waals surface area contributed by atoms with Gasteiger partial charge in [0.25, 0.3) is 0 Å². The minimum Gasteiger partial charge on any atom is -0.481 e. The van der Waals surface area contributed by atoms with Crippen LogP contribution < -0.4 is 10.6 Å². The first-order valence-electron chi connectivity index (χ1n) is 11.6. The lowest BCUT2D eigenvalue weighted by molar-refractivity contribution is -0.136. The lowest BCUT2D eigenvalue weighted by Gasteiger charge is -2.17. The molecule has 0 unspecified atom stereocenters. The van der Waals surface area contributed by atoms with Crippen molar-refractivity contribution in [2.24, 2.45) is 0 Å². The molecule has 2 amide bonds. The predicted molar refractivity (Wildman–Crippen MR) is 132 cm³/mol. The van der Waals surface area contributed by atoms with Gasteiger partial charge in [-0.1, -0.05) is 72.8 Å². The quantitative estimate of drug-likeness (QED) is 0.432. The Bertz CT molecular complexity index is 1190. The molecule has 0 bridgehead atoms. The molecule has 3 aromatic carbocycles. The van der Waals surface area contributed by atoms with Crippen molar-refractivity contribution in [3.05, 3.63) is 95.1 Å². The van der Waals surface area contributed by atoms with Crippen LogP contribution in [0.4, 0.5) is 4.79 Å². The van der Waals surface area contributed by atoms with Crippen molar-refractivity contribution in [3.8, 4) is 11.1 Å². The molecule has 0 aromatic heterocycles. The summed E-state index contributed by atoms with van der Waals surface area (Å²) in [4.78, 5) is 35.8. The number of hydrogen-bond donors (Lipinski definition) is 3. The molecule has 0 radical (unpaired) electrons. The number of rotatable bonds is 9. The van der Waals surface area contributed by atoms with Gasteiger partial charge in [-0.3, -0.25) is 9.59 Å². The molecule has 3 N–H and O–H groups in total. The van der Waals surface area contributed by atoms with Gasteiger partial charge in [0.2, 0.25) is 5.91 Å². The van der Waals surface area contributed by atoms with Gasteiger partial charge in [0, 0.05) is 24.9 Å². The van der Waals surface area contributed by atoms with Crippen LogP contribution in [-0.2, 0) is 27.3 Å². The minimum atomic E-state index is -0.926. The predicted octanol–water partition coefficient (Wildman–Crippen LogP) is 4.25. The lowest BCUT2D eigenvalue weighted by Crippen LogP contribution is -2.38. The zero-order valence-corrected chi connectivity index (χ0v) is 19.5. The number of benzene rings is 3. The number of hydrogen-bond acceptors (Lipinski definition) is 4. The highest BCUT2D eigenvalue weighted by molar-refractivity contribution is 5.79. The molecule has 180 valence electrons. The van der Waals surface area contributed by atoms with Gasteiger partial charge in [-0.15, -0.1) is 0 Å². The van der Waals surface area contributed by atoms with Crippen LogP contribution in [0.15, 0.2) is 72.8 Å². The van der Waals surface area contributed by atoms with Crippen LogP contribution in [0.2, 0.25) is 0 Å². The second-order valence-corrected chi connectivity index (χ2v) is 8.69. The number of fused-ring (bicyclic) bond motifs is 3. The maximum absolute atomic E-state index is 12.4. The number of carboxylic acids is 1. The number of amides is 2. The Labute approximate surface area is 204 Å². The molecule has 35 heavy (non-hydrogen) atoms. The van der Waals surface area contributed by atoms with Crippen molar-refractivity contribution in [2.75, 3.05) is 6.61 Å². The monoisotopic (exact) mass is 472 g/mol. The fourth-order valence-electron chi connectivity index (χ4n) is 4.50. The molecule has 0 fully saturated rings. The van der Waals surface area contributed by atoms with Crippen molar-refractivity contribution in [1.29, 1.82) is 0 Å². The summed E-state index contributed by atoms with van der Waals surface area (Å²) in [5.41, 5.74) is 6.00. The Morgan fingerprint density at radius 2 is 1.46 bits per heavy atom. The molecular formula is C28H28N2O5. The second kappa shape index (κ2) is 10.9. The summed E-state index contributed by atoms with van der Waals surface area (Å²) < 4.78 is 5.54. The van der Waals surface area contributed by atoms with Crippen molar-refractivity contribution >= 4 is 18.0 Å². The smallest absolute Gasteiger partial charge is 0.407 e. The summed E-state index contributed by atoms with van der Waals surface area (Å²) in [7, 11) is 0. The number of carbonyl (C=O) groups excluding carboxylic acids is 2.